The third-order valence-electron chi connectivity index (χ3n) is 1.75. The highest BCUT2D eigenvalue weighted by molar-refractivity contribution is 7.88. The molecule has 3 nitrogen and oxygen atoms in total. The molecule has 0 fully saturated rings. The van der Waals surface area contributed by atoms with Crippen molar-refractivity contribution in [1.29, 1.82) is 0 Å². The van der Waals surface area contributed by atoms with E-state index >= 15 is 0 Å². The molecule has 0 N–H and O–H groups in total. The highest BCUT2D eigenvalue weighted by atomic mass is 32.2. The average Bonchev–Trinajstić information content (AvgIpc) is 1.79. The molecule has 0 bridgehead atoms. The second kappa shape index (κ2) is 4.06. The number of sulfonamides is 1. The Kier molecular flexibility index (Phi) is 3.97. The molecule has 0 amide bonds. The van der Waals surface area contributed by atoms with Crippen molar-refractivity contribution in [2.24, 2.45) is 0 Å². The van der Waals surface area contributed by atoms with Crippen LogP contribution in [0, 0.1) is 0 Å². The van der Waals surface area contributed by atoms with Crippen LogP contribution < -0.4 is 0 Å². The lowest BCUT2D eigenvalue weighted by atomic mass is 10.3. The minimum absolute atomic E-state index is 0.451. The Hall–Kier alpha value is -0.300. The van der Waals surface area contributed by atoms with Crippen LogP contribution in [0.3, 0.4) is 0 Å². The molecule has 7 heteroatoms. The summed E-state index contributed by atoms with van der Waals surface area (Å²) in [5.41, 5.74) is 0. The Morgan fingerprint density at radius 2 is 1.50 bits per heavy atom. The highest BCUT2D eigenvalue weighted by Gasteiger charge is 2.44. The fraction of sp³-hybridized carbons (Fsp3) is 1.00. The predicted molar refractivity (Wildman–Crippen MR) is 47.3 cm³/mol. The molecule has 0 saturated carbocycles. The fourth-order valence-corrected chi connectivity index (χ4v) is 2.72. The van der Waals surface area contributed by atoms with E-state index in [0.29, 0.717) is 4.31 Å². The summed E-state index contributed by atoms with van der Waals surface area (Å²) < 4.78 is 59.5. The van der Waals surface area contributed by atoms with Gasteiger partial charge in [-0.2, -0.15) is 17.5 Å². The zero-order valence-corrected chi connectivity index (χ0v) is 9.28. The monoisotopic (exact) mass is 233 g/mol. The minimum Gasteiger partial charge on any atom is -0.212 e. The molecule has 0 aliphatic rings. The first-order valence-electron chi connectivity index (χ1n) is 4.03. The molecule has 0 aliphatic carbocycles. The first-order chi connectivity index (χ1) is 5.98. The second-order valence-electron chi connectivity index (χ2n) is 3.40. The second-order valence-corrected chi connectivity index (χ2v) is 5.29. The molecule has 0 aromatic rings. The molecule has 0 saturated heterocycles. The van der Waals surface area contributed by atoms with Gasteiger partial charge in [0.15, 0.2) is 0 Å². The lowest BCUT2D eigenvalue weighted by molar-refractivity contribution is -0.169. The van der Waals surface area contributed by atoms with E-state index in [2.05, 4.69) is 0 Å². The van der Waals surface area contributed by atoms with Crippen molar-refractivity contribution in [2.75, 3.05) is 6.26 Å². The van der Waals surface area contributed by atoms with Crippen molar-refractivity contribution in [2.45, 2.75) is 39.0 Å². The van der Waals surface area contributed by atoms with Gasteiger partial charge >= 0.3 is 6.18 Å². The summed E-state index contributed by atoms with van der Waals surface area (Å²) >= 11 is 0. The van der Waals surface area contributed by atoms with Gasteiger partial charge < -0.3 is 0 Å². The molecule has 0 rings (SSSR count). The smallest absolute Gasteiger partial charge is 0.212 e. The van der Waals surface area contributed by atoms with Crippen LogP contribution in [0.4, 0.5) is 13.2 Å². The van der Waals surface area contributed by atoms with Crippen LogP contribution in [-0.2, 0) is 10.0 Å². The first kappa shape index (κ1) is 13.7. The van der Waals surface area contributed by atoms with Crippen LogP contribution in [-0.4, -0.2) is 37.2 Å². The van der Waals surface area contributed by atoms with Gasteiger partial charge in [0.25, 0.3) is 0 Å². The van der Waals surface area contributed by atoms with Gasteiger partial charge in [-0.3, -0.25) is 0 Å². The van der Waals surface area contributed by atoms with Crippen LogP contribution in [0.25, 0.3) is 0 Å². The van der Waals surface area contributed by atoms with Crippen LogP contribution in [0.1, 0.15) is 20.8 Å². The standard InChI is InChI=1S/C7H14F3NO2S/c1-5(2)11(14(4,12)13)6(3)7(8,9)10/h5-6H,1-4H3. The van der Waals surface area contributed by atoms with E-state index < -0.39 is 28.3 Å². The Morgan fingerprint density at radius 1 is 1.14 bits per heavy atom. The summed E-state index contributed by atoms with van der Waals surface area (Å²) in [5.74, 6) is 0. The van der Waals surface area contributed by atoms with Crippen molar-refractivity contribution in [3.63, 3.8) is 0 Å². The van der Waals surface area contributed by atoms with Crippen molar-refractivity contribution in [3.05, 3.63) is 0 Å². The maximum Gasteiger partial charge on any atom is 0.404 e. The third-order valence-corrected chi connectivity index (χ3v) is 3.25. The lowest BCUT2D eigenvalue weighted by Crippen LogP contribution is -2.49. The highest BCUT2D eigenvalue weighted by Crippen LogP contribution is 2.27. The van der Waals surface area contributed by atoms with Crippen LogP contribution in [0.2, 0.25) is 0 Å². The molecular weight excluding hydrogens is 219 g/mol. The maximum absolute atomic E-state index is 12.3. The van der Waals surface area contributed by atoms with E-state index in [1.807, 2.05) is 0 Å². The zero-order chi connectivity index (χ0) is 11.7. The number of rotatable bonds is 3. The summed E-state index contributed by atoms with van der Waals surface area (Å²) in [6, 6.07) is -2.70. The van der Waals surface area contributed by atoms with E-state index in [4.69, 9.17) is 0 Å². The van der Waals surface area contributed by atoms with Crippen LogP contribution in [0.15, 0.2) is 0 Å². The van der Waals surface area contributed by atoms with E-state index in [-0.39, 0.29) is 0 Å². The topological polar surface area (TPSA) is 37.4 Å². The summed E-state index contributed by atoms with van der Waals surface area (Å²) in [5, 5.41) is 0. The Balaban J connectivity index is 5.07. The average molecular weight is 233 g/mol. The summed E-state index contributed by atoms with van der Waals surface area (Å²) in [4.78, 5) is 0. The molecule has 1 atom stereocenters. The van der Waals surface area contributed by atoms with E-state index in [1.54, 1.807) is 0 Å². The van der Waals surface area contributed by atoms with Crippen molar-refractivity contribution in [1.82, 2.24) is 4.31 Å². The fourth-order valence-electron chi connectivity index (χ4n) is 1.26. The van der Waals surface area contributed by atoms with Gasteiger partial charge in [-0.15, -0.1) is 0 Å². The van der Waals surface area contributed by atoms with Gasteiger partial charge in [0.2, 0.25) is 10.0 Å². The quantitative estimate of drug-likeness (QED) is 0.742. The van der Waals surface area contributed by atoms with Gasteiger partial charge in [0.05, 0.1) is 6.26 Å². The van der Waals surface area contributed by atoms with Gasteiger partial charge in [-0.1, -0.05) is 0 Å². The Morgan fingerprint density at radius 3 is 1.57 bits per heavy atom. The molecule has 0 aromatic heterocycles. The lowest BCUT2D eigenvalue weighted by Gasteiger charge is -2.31. The van der Waals surface area contributed by atoms with Crippen molar-refractivity contribution in [3.8, 4) is 0 Å². The molecule has 0 heterocycles. The zero-order valence-electron chi connectivity index (χ0n) is 8.46. The minimum atomic E-state index is -4.53. The summed E-state index contributed by atoms with van der Waals surface area (Å²) in [6.07, 6.45) is -3.76. The number of hydrogen-bond donors (Lipinski definition) is 0. The van der Waals surface area contributed by atoms with Gasteiger partial charge in [0.1, 0.15) is 6.04 Å². The number of halogens is 3. The van der Waals surface area contributed by atoms with E-state index in [1.165, 1.54) is 13.8 Å². The SMILES string of the molecule is CC(C)N(C(C)C(F)(F)F)S(C)(=O)=O. The molecule has 1 unspecified atom stereocenters. The van der Waals surface area contributed by atoms with Crippen LogP contribution in [0.5, 0.6) is 0 Å². The maximum atomic E-state index is 12.3. The first-order valence-corrected chi connectivity index (χ1v) is 5.88. The normalized spacial score (nSPS) is 16.4. The summed E-state index contributed by atoms with van der Waals surface area (Å²) in [7, 11) is -3.83. The molecule has 14 heavy (non-hydrogen) atoms. The molecule has 0 aromatic carbocycles. The predicted octanol–water partition coefficient (Wildman–Crippen LogP) is 1.61. The van der Waals surface area contributed by atoms with Crippen LogP contribution >= 0.6 is 0 Å². The third kappa shape index (κ3) is 3.45. The van der Waals surface area contributed by atoms with Crippen molar-refractivity contribution < 1.29 is 21.6 Å². The van der Waals surface area contributed by atoms with Crippen molar-refractivity contribution >= 4 is 10.0 Å². The largest absolute Gasteiger partial charge is 0.404 e. The van der Waals surface area contributed by atoms with Gasteiger partial charge in [-0.05, 0) is 20.8 Å². The summed E-state index contributed by atoms with van der Waals surface area (Å²) in [6.45, 7) is 3.65. The Labute approximate surface area is 81.9 Å². The van der Waals surface area contributed by atoms with Gasteiger partial charge in [-0.25, -0.2) is 8.42 Å². The molecule has 0 radical (unpaired) electrons. The number of alkyl halides is 3. The number of hydrogen-bond acceptors (Lipinski definition) is 2. The molecule has 0 spiro atoms. The molecule has 86 valence electrons. The molecule has 0 aliphatic heterocycles. The molecular formula is C7H14F3NO2S. The van der Waals surface area contributed by atoms with Gasteiger partial charge in [0, 0.05) is 6.04 Å². The Bertz CT molecular complexity index is 284. The van der Waals surface area contributed by atoms with E-state index in [9.17, 15) is 21.6 Å². The number of nitrogens with zero attached hydrogens (tertiary/aromatic N) is 1. The van der Waals surface area contributed by atoms with E-state index in [0.717, 1.165) is 13.2 Å².